The molecule has 1 aromatic carbocycles. The average Bonchev–Trinajstić information content (AvgIpc) is 3.10. The number of nitrogens with zero attached hydrogens (tertiary/aromatic N) is 2. The van der Waals surface area contributed by atoms with E-state index >= 15 is 0 Å². The summed E-state index contributed by atoms with van der Waals surface area (Å²) in [5.74, 6) is 2.20. The second kappa shape index (κ2) is 4.99. The molecule has 0 bridgehead atoms. The summed E-state index contributed by atoms with van der Waals surface area (Å²) in [7, 11) is 0. The molecule has 0 saturated heterocycles. The van der Waals surface area contributed by atoms with E-state index in [1.54, 1.807) is 11.1 Å². The number of aromatic nitrogens is 2. The van der Waals surface area contributed by atoms with Gasteiger partial charge in [0.05, 0.1) is 6.20 Å². The molecule has 2 aliphatic rings. The highest BCUT2D eigenvalue weighted by molar-refractivity contribution is 5.40. The number of hydrogen-bond acceptors (Lipinski definition) is 2. The van der Waals surface area contributed by atoms with Crippen molar-refractivity contribution >= 4 is 0 Å². The van der Waals surface area contributed by atoms with Crippen molar-refractivity contribution < 1.29 is 0 Å². The van der Waals surface area contributed by atoms with Gasteiger partial charge in [0, 0.05) is 18.8 Å². The third-order valence-electron chi connectivity index (χ3n) is 5.37. The first-order valence-electron chi connectivity index (χ1n) is 8.12. The number of nitrogens with two attached hydrogens (primary N) is 1. The van der Waals surface area contributed by atoms with Gasteiger partial charge in [-0.2, -0.15) is 5.10 Å². The van der Waals surface area contributed by atoms with Crippen LogP contribution in [-0.2, 0) is 19.4 Å². The van der Waals surface area contributed by atoms with Gasteiger partial charge in [0.15, 0.2) is 0 Å². The van der Waals surface area contributed by atoms with E-state index in [2.05, 4.69) is 42.5 Å². The van der Waals surface area contributed by atoms with Crippen LogP contribution in [0.25, 0.3) is 0 Å². The Morgan fingerprint density at radius 2 is 2.24 bits per heavy atom. The largest absolute Gasteiger partial charge is 0.327 e. The van der Waals surface area contributed by atoms with Gasteiger partial charge >= 0.3 is 0 Å². The van der Waals surface area contributed by atoms with Crippen LogP contribution in [-0.4, -0.2) is 15.8 Å². The zero-order chi connectivity index (χ0) is 14.4. The minimum Gasteiger partial charge on any atom is -0.327 e. The van der Waals surface area contributed by atoms with E-state index in [-0.39, 0.29) is 6.04 Å². The summed E-state index contributed by atoms with van der Waals surface area (Å²) in [4.78, 5) is 0. The third-order valence-corrected chi connectivity index (χ3v) is 5.37. The fraction of sp³-hybridized carbons (Fsp3) is 0.500. The van der Waals surface area contributed by atoms with E-state index in [4.69, 9.17) is 5.73 Å². The van der Waals surface area contributed by atoms with Gasteiger partial charge < -0.3 is 5.73 Å². The van der Waals surface area contributed by atoms with Crippen LogP contribution < -0.4 is 5.73 Å². The van der Waals surface area contributed by atoms with E-state index in [0.29, 0.717) is 11.8 Å². The highest BCUT2D eigenvalue weighted by atomic mass is 15.3. The van der Waals surface area contributed by atoms with E-state index in [1.807, 2.05) is 10.9 Å². The first-order chi connectivity index (χ1) is 10.3. The van der Waals surface area contributed by atoms with Gasteiger partial charge in [-0.15, -0.1) is 0 Å². The van der Waals surface area contributed by atoms with Crippen molar-refractivity contribution in [3.8, 4) is 0 Å². The Balaban J connectivity index is 1.49. The normalized spacial score (nSPS) is 27.8. The lowest BCUT2D eigenvalue weighted by atomic mass is 9.92. The molecule has 2 N–H and O–H groups in total. The third kappa shape index (κ3) is 2.20. The molecular formula is C18H23N3. The van der Waals surface area contributed by atoms with Gasteiger partial charge in [0.1, 0.15) is 0 Å². The highest BCUT2D eigenvalue weighted by Crippen LogP contribution is 2.61. The molecule has 4 atom stereocenters. The Morgan fingerprint density at radius 3 is 3.05 bits per heavy atom. The zero-order valence-electron chi connectivity index (χ0n) is 12.6. The van der Waals surface area contributed by atoms with E-state index in [9.17, 15) is 0 Å². The lowest BCUT2D eigenvalue weighted by Crippen LogP contribution is -2.26. The van der Waals surface area contributed by atoms with Crippen molar-refractivity contribution in [1.29, 1.82) is 0 Å². The summed E-state index contributed by atoms with van der Waals surface area (Å²) in [5.41, 5.74) is 10.9. The Labute approximate surface area is 126 Å². The Bertz CT molecular complexity index is 645. The molecule has 4 unspecified atom stereocenters. The molecule has 2 aromatic rings. The van der Waals surface area contributed by atoms with Crippen LogP contribution >= 0.6 is 0 Å². The SMILES string of the molecule is CCn1cc(CC(N)C2C3CCc4ccccc4C32)cn1. The quantitative estimate of drug-likeness (QED) is 0.936. The number of fused-ring (bicyclic) bond motifs is 3. The summed E-state index contributed by atoms with van der Waals surface area (Å²) in [6, 6.07) is 9.20. The van der Waals surface area contributed by atoms with Gasteiger partial charge in [0.2, 0.25) is 0 Å². The Hall–Kier alpha value is -1.61. The topological polar surface area (TPSA) is 43.8 Å². The Kier molecular flexibility index (Phi) is 3.11. The molecule has 1 heterocycles. The minimum atomic E-state index is 0.265. The molecule has 3 heteroatoms. The number of aryl methyl sites for hydroxylation is 2. The smallest absolute Gasteiger partial charge is 0.0522 e. The van der Waals surface area contributed by atoms with Crippen molar-refractivity contribution in [2.75, 3.05) is 0 Å². The molecule has 1 aromatic heterocycles. The molecule has 0 amide bonds. The zero-order valence-corrected chi connectivity index (χ0v) is 12.6. The monoisotopic (exact) mass is 281 g/mol. The second-order valence-electron chi connectivity index (χ2n) is 6.58. The molecule has 0 spiro atoms. The number of rotatable bonds is 4. The van der Waals surface area contributed by atoms with E-state index in [1.165, 1.54) is 18.4 Å². The minimum absolute atomic E-state index is 0.265. The number of benzene rings is 1. The summed E-state index contributed by atoms with van der Waals surface area (Å²) in [6.45, 7) is 3.04. The number of hydrogen-bond donors (Lipinski definition) is 1. The van der Waals surface area contributed by atoms with Crippen molar-refractivity contribution in [2.24, 2.45) is 17.6 Å². The molecule has 21 heavy (non-hydrogen) atoms. The predicted octanol–water partition coefficient (Wildman–Crippen LogP) is 2.75. The van der Waals surface area contributed by atoms with Gasteiger partial charge in [-0.05, 0) is 60.6 Å². The van der Waals surface area contributed by atoms with Crippen molar-refractivity contribution in [1.82, 2.24) is 9.78 Å². The lowest BCUT2D eigenvalue weighted by molar-refractivity contribution is 0.531. The molecule has 3 nitrogen and oxygen atoms in total. The maximum absolute atomic E-state index is 6.54. The van der Waals surface area contributed by atoms with E-state index in [0.717, 1.165) is 18.9 Å². The Morgan fingerprint density at radius 1 is 1.38 bits per heavy atom. The molecule has 4 rings (SSSR count). The summed E-state index contributed by atoms with van der Waals surface area (Å²) < 4.78 is 1.98. The van der Waals surface area contributed by atoms with Crippen LogP contribution in [0.1, 0.15) is 36.0 Å². The second-order valence-corrected chi connectivity index (χ2v) is 6.58. The summed E-state index contributed by atoms with van der Waals surface area (Å²) in [5, 5.41) is 4.36. The predicted molar refractivity (Wildman–Crippen MR) is 84.1 cm³/mol. The first kappa shape index (κ1) is 13.1. The van der Waals surface area contributed by atoms with E-state index < -0.39 is 0 Å². The summed E-state index contributed by atoms with van der Waals surface area (Å²) >= 11 is 0. The molecule has 0 radical (unpaired) electrons. The fourth-order valence-electron chi connectivity index (χ4n) is 4.30. The van der Waals surface area contributed by atoms with Crippen LogP contribution in [0.5, 0.6) is 0 Å². The van der Waals surface area contributed by atoms with Crippen molar-refractivity contribution in [3.05, 3.63) is 53.3 Å². The average molecular weight is 281 g/mol. The van der Waals surface area contributed by atoms with Crippen LogP contribution in [0.2, 0.25) is 0 Å². The van der Waals surface area contributed by atoms with Gasteiger partial charge in [-0.3, -0.25) is 4.68 Å². The molecule has 110 valence electrons. The standard InChI is InChI=1S/C18H23N3/c1-2-21-11-12(10-20-21)9-16(19)18-15-8-7-13-5-3-4-6-14(13)17(15)18/h3-6,10-11,15-18H,2,7-9,19H2,1H3. The summed E-state index contributed by atoms with van der Waals surface area (Å²) in [6.07, 6.45) is 7.62. The van der Waals surface area contributed by atoms with Crippen LogP contribution in [0.15, 0.2) is 36.7 Å². The molecule has 0 aliphatic heterocycles. The fourth-order valence-corrected chi connectivity index (χ4v) is 4.30. The van der Waals surface area contributed by atoms with Crippen LogP contribution in [0, 0.1) is 11.8 Å². The van der Waals surface area contributed by atoms with Gasteiger partial charge in [-0.25, -0.2) is 0 Å². The van der Waals surface area contributed by atoms with Crippen molar-refractivity contribution in [3.63, 3.8) is 0 Å². The van der Waals surface area contributed by atoms with Crippen LogP contribution in [0.4, 0.5) is 0 Å². The lowest BCUT2D eigenvalue weighted by Gasteiger charge is -2.13. The maximum atomic E-state index is 6.54. The van der Waals surface area contributed by atoms with Crippen LogP contribution in [0.3, 0.4) is 0 Å². The maximum Gasteiger partial charge on any atom is 0.0522 e. The van der Waals surface area contributed by atoms with Crippen molar-refractivity contribution in [2.45, 2.75) is 44.7 Å². The molecule has 1 saturated carbocycles. The molecule has 1 fully saturated rings. The van der Waals surface area contributed by atoms with Gasteiger partial charge in [0.25, 0.3) is 0 Å². The van der Waals surface area contributed by atoms with Gasteiger partial charge in [-0.1, -0.05) is 24.3 Å². The first-order valence-corrected chi connectivity index (χ1v) is 8.12. The molecule has 2 aliphatic carbocycles. The highest BCUT2D eigenvalue weighted by Gasteiger charge is 2.55. The molecular weight excluding hydrogens is 258 g/mol.